The molecule has 0 bridgehead atoms. The van der Waals surface area contributed by atoms with E-state index in [4.69, 9.17) is 9.15 Å². The quantitative estimate of drug-likeness (QED) is 0.496. The molecular formula is C20H15BrN2O3. The molecule has 0 aliphatic rings. The summed E-state index contributed by atoms with van der Waals surface area (Å²) in [5.41, 5.74) is 2.88. The average molecular weight is 411 g/mol. The lowest BCUT2D eigenvalue weighted by molar-refractivity contribution is 0.0998. The van der Waals surface area contributed by atoms with Crippen molar-refractivity contribution >= 4 is 49.4 Å². The molecule has 2 aromatic carbocycles. The number of nitrogens with zero attached hydrogens (tertiary/aromatic N) is 1. The van der Waals surface area contributed by atoms with Gasteiger partial charge in [-0.3, -0.25) is 9.78 Å². The second kappa shape index (κ2) is 6.46. The lowest BCUT2D eigenvalue weighted by Gasteiger charge is -2.06. The number of furan rings is 1. The Kier molecular flexibility index (Phi) is 4.12. The number of methoxy groups -OCH3 is 1. The molecule has 26 heavy (non-hydrogen) atoms. The summed E-state index contributed by atoms with van der Waals surface area (Å²) in [6, 6.07) is 13.2. The van der Waals surface area contributed by atoms with E-state index in [0.29, 0.717) is 17.0 Å². The Hall–Kier alpha value is -2.86. The van der Waals surface area contributed by atoms with Crippen LogP contribution in [0.2, 0.25) is 0 Å². The Morgan fingerprint density at radius 1 is 1.19 bits per heavy atom. The molecule has 0 aliphatic carbocycles. The van der Waals surface area contributed by atoms with Crippen LogP contribution in [0.15, 0.2) is 57.6 Å². The third kappa shape index (κ3) is 2.93. The number of aromatic nitrogens is 1. The monoisotopic (exact) mass is 410 g/mol. The number of rotatable bonds is 3. The predicted octanol–water partition coefficient (Wildman–Crippen LogP) is 5.31. The molecule has 0 saturated carbocycles. The van der Waals surface area contributed by atoms with Crippen LogP contribution in [0.3, 0.4) is 0 Å². The molecule has 130 valence electrons. The number of benzene rings is 2. The lowest BCUT2D eigenvalue weighted by Crippen LogP contribution is -2.12. The second-order valence-corrected chi connectivity index (χ2v) is 6.85. The summed E-state index contributed by atoms with van der Waals surface area (Å²) >= 11 is 3.41. The van der Waals surface area contributed by atoms with E-state index < -0.39 is 0 Å². The van der Waals surface area contributed by atoms with Gasteiger partial charge in [0.25, 0.3) is 5.91 Å². The van der Waals surface area contributed by atoms with E-state index in [-0.39, 0.29) is 5.91 Å². The van der Waals surface area contributed by atoms with Crippen molar-refractivity contribution in [3.63, 3.8) is 0 Å². The van der Waals surface area contributed by atoms with Crippen LogP contribution in [0.25, 0.3) is 21.9 Å². The summed E-state index contributed by atoms with van der Waals surface area (Å²) in [4.78, 5) is 17.0. The number of ether oxygens (including phenoxy) is 1. The SMILES string of the molecule is COc1ccc2cc(NC(=O)c3oc4cc(Br)ccc4c3C)cnc2c1. The number of carbonyl (C=O) groups excluding carboxylic acids is 1. The molecule has 5 nitrogen and oxygen atoms in total. The Labute approximate surface area is 158 Å². The van der Waals surface area contributed by atoms with Gasteiger partial charge in [-0.1, -0.05) is 15.9 Å². The highest BCUT2D eigenvalue weighted by molar-refractivity contribution is 9.10. The molecule has 6 heteroatoms. The first kappa shape index (κ1) is 16.6. The van der Waals surface area contributed by atoms with Gasteiger partial charge in [-0.05, 0) is 43.3 Å². The maximum atomic E-state index is 12.7. The van der Waals surface area contributed by atoms with Gasteiger partial charge in [0.1, 0.15) is 11.3 Å². The molecule has 0 aliphatic heterocycles. The van der Waals surface area contributed by atoms with Gasteiger partial charge in [-0.2, -0.15) is 0 Å². The van der Waals surface area contributed by atoms with Gasteiger partial charge in [0.2, 0.25) is 0 Å². The van der Waals surface area contributed by atoms with Gasteiger partial charge in [0, 0.05) is 26.9 Å². The number of aryl methyl sites for hydroxylation is 1. The van der Waals surface area contributed by atoms with Crippen LogP contribution < -0.4 is 10.1 Å². The fraction of sp³-hybridized carbons (Fsp3) is 0.100. The molecule has 2 aromatic heterocycles. The van der Waals surface area contributed by atoms with E-state index >= 15 is 0 Å². The smallest absolute Gasteiger partial charge is 0.291 e. The van der Waals surface area contributed by atoms with E-state index in [9.17, 15) is 4.79 Å². The number of halogens is 1. The van der Waals surface area contributed by atoms with Gasteiger partial charge < -0.3 is 14.5 Å². The van der Waals surface area contributed by atoms with Crippen molar-refractivity contribution in [1.82, 2.24) is 4.98 Å². The third-order valence-corrected chi connectivity index (χ3v) is 4.75. The molecule has 2 heterocycles. The van der Waals surface area contributed by atoms with Crippen LogP contribution >= 0.6 is 15.9 Å². The zero-order valence-electron chi connectivity index (χ0n) is 14.2. The van der Waals surface area contributed by atoms with Crippen molar-refractivity contribution in [2.24, 2.45) is 0 Å². The summed E-state index contributed by atoms with van der Waals surface area (Å²) in [5.74, 6) is 0.739. The molecule has 0 atom stereocenters. The maximum Gasteiger partial charge on any atom is 0.291 e. The standard InChI is InChI=1S/C20H15BrN2O3/c1-11-16-6-4-13(21)8-18(16)26-19(11)20(24)23-14-7-12-3-5-15(25-2)9-17(12)22-10-14/h3-10H,1-2H3,(H,23,24). The number of carbonyl (C=O) groups is 1. The van der Waals surface area contributed by atoms with E-state index in [1.165, 1.54) is 0 Å². The Morgan fingerprint density at radius 2 is 2.04 bits per heavy atom. The molecular weight excluding hydrogens is 396 g/mol. The van der Waals surface area contributed by atoms with Crippen LogP contribution in [0, 0.1) is 6.92 Å². The lowest BCUT2D eigenvalue weighted by atomic mass is 10.1. The van der Waals surface area contributed by atoms with Crippen LogP contribution in [0.5, 0.6) is 5.75 Å². The number of pyridine rings is 1. The average Bonchev–Trinajstić information content (AvgIpc) is 2.97. The minimum absolute atomic E-state index is 0.299. The molecule has 1 N–H and O–H groups in total. The van der Waals surface area contributed by atoms with E-state index in [1.807, 2.05) is 49.4 Å². The van der Waals surface area contributed by atoms with Crippen LogP contribution in [0.1, 0.15) is 16.1 Å². The van der Waals surface area contributed by atoms with Crippen LogP contribution in [-0.2, 0) is 0 Å². The van der Waals surface area contributed by atoms with Crippen molar-refractivity contribution in [3.05, 3.63) is 64.5 Å². The molecule has 0 spiro atoms. The van der Waals surface area contributed by atoms with Gasteiger partial charge in [0.05, 0.1) is 24.5 Å². The summed E-state index contributed by atoms with van der Waals surface area (Å²) in [5, 5.41) is 4.69. The second-order valence-electron chi connectivity index (χ2n) is 5.93. The minimum Gasteiger partial charge on any atom is -0.497 e. The Balaban J connectivity index is 1.65. The highest BCUT2D eigenvalue weighted by Crippen LogP contribution is 2.29. The maximum absolute atomic E-state index is 12.7. The number of amides is 1. The molecule has 0 fully saturated rings. The van der Waals surface area contributed by atoms with E-state index in [0.717, 1.165) is 32.1 Å². The first-order valence-electron chi connectivity index (χ1n) is 7.99. The van der Waals surface area contributed by atoms with Gasteiger partial charge in [-0.25, -0.2) is 0 Å². The summed E-state index contributed by atoms with van der Waals surface area (Å²) < 4.78 is 11.9. The summed E-state index contributed by atoms with van der Waals surface area (Å²) in [6.07, 6.45) is 1.62. The Morgan fingerprint density at radius 3 is 2.85 bits per heavy atom. The van der Waals surface area contributed by atoms with E-state index in [2.05, 4.69) is 26.2 Å². The van der Waals surface area contributed by atoms with Crippen LogP contribution in [0.4, 0.5) is 5.69 Å². The number of hydrogen-bond acceptors (Lipinski definition) is 4. The van der Waals surface area contributed by atoms with Gasteiger partial charge in [-0.15, -0.1) is 0 Å². The van der Waals surface area contributed by atoms with Gasteiger partial charge in [0.15, 0.2) is 5.76 Å². The fourth-order valence-electron chi connectivity index (χ4n) is 2.90. The van der Waals surface area contributed by atoms with E-state index in [1.54, 1.807) is 13.3 Å². The number of anilines is 1. The summed E-state index contributed by atoms with van der Waals surface area (Å²) in [7, 11) is 1.62. The van der Waals surface area contributed by atoms with Crippen molar-refractivity contribution in [1.29, 1.82) is 0 Å². The van der Waals surface area contributed by atoms with Crippen molar-refractivity contribution in [2.45, 2.75) is 6.92 Å². The van der Waals surface area contributed by atoms with Gasteiger partial charge >= 0.3 is 0 Å². The zero-order chi connectivity index (χ0) is 18.3. The normalized spacial score (nSPS) is 11.0. The van der Waals surface area contributed by atoms with Crippen molar-refractivity contribution in [3.8, 4) is 5.75 Å². The topological polar surface area (TPSA) is 64.4 Å². The number of nitrogens with one attached hydrogen (secondary N) is 1. The molecule has 4 aromatic rings. The highest BCUT2D eigenvalue weighted by Gasteiger charge is 2.18. The molecule has 1 amide bonds. The zero-order valence-corrected chi connectivity index (χ0v) is 15.8. The number of fused-ring (bicyclic) bond motifs is 2. The van der Waals surface area contributed by atoms with Crippen LogP contribution in [-0.4, -0.2) is 18.0 Å². The highest BCUT2D eigenvalue weighted by atomic mass is 79.9. The molecule has 0 radical (unpaired) electrons. The molecule has 4 rings (SSSR count). The third-order valence-electron chi connectivity index (χ3n) is 4.26. The minimum atomic E-state index is -0.301. The molecule has 0 unspecified atom stereocenters. The first-order valence-corrected chi connectivity index (χ1v) is 8.78. The summed E-state index contributed by atoms with van der Waals surface area (Å²) in [6.45, 7) is 1.87. The predicted molar refractivity (Wildman–Crippen MR) is 105 cm³/mol. The fourth-order valence-corrected chi connectivity index (χ4v) is 3.24. The largest absolute Gasteiger partial charge is 0.497 e. The first-order chi connectivity index (χ1) is 12.5. The number of hydrogen-bond donors (Lipinski definition) is 1. The van der Waals surface area contributed by atoms with Crippen molar-refractivity contribution < 1.29 is 13.9 Å². The Bertz CT molecular complexity index is 1150. The van der Waals surface area contributed by atoms with Crippen molar-refractivity contribution in [2.75, 3.05) is 12.4 Å². The molecule has 0 saturated heterocycles.